The van der Waals surface area contributed by atoms with Crippen molar-refractivity contribution in [2.24, 2.45) is 17.3 Å². The first-order chi connectivity index (χ1) is 15.1. The fraction of sp³-hybridized carbons (Fsp3) is 0.346. The first kappa shape index (κ1) is 21.1. The number of imide groups is 1. The molecule has 164 valence electrons. The molecule has 2 aromatic carbocycles. The average Bonchev–Trinajstić information content (AvgIpc) is 3.20. The molecule has 5 rings (SSSR count). The fourth-order valence-electron chi connectivity index (χ4n) is 5.33. The van der Waals surface area contributed by atoms with Gasteiger partial charge in [0.2, 0.25) is 11.8 Å². The topological polar surface area (TPSA) is 57.7 Å². The van der Waals surface area contributed by atoms with Crippen LogP contribution in [0.5, 0.6) is 0 Å². The first-order valence-corrected chi connectivity index (χ1v) is 11.6. The van der Waals surface area contributed by atoms with Crippen molar-refractivity contribution in [3.63, 3.8) is 0 Å². The Kier molecular flexibility index (Phi) is 4.71. The Bertz CT molecular complexity index is 1200. The van der Waals surface area contributed by atoms with Crippen molar-refractivity contribution < 1.29 is 14.4 Å². The van der Waals surface area contributed by atoms with Crippen LogP contribution in [0.1, 0.15) is 43.5 Å². The minimum Gasteiger partial charge on any atom is -0.359 e. The Hall–Kier alpha value is -2.73. The van der Waals surface area contributed by atoms with Crippen LogP contribution in [0.3, 0.4) is 0 Å². The number of aryl methyl sites for hydroxylation is 1. The number of Topliss-reactive ketones (excluding diaryl/α,β-unsaturated/α-hetero) is 1. The van der Waals surface area contributed by atoms with E-state index in [0.717, 1.165) is 16.7 Å². The van der Waals surface area contributed by atoms with Gasteiger partial charge in [-0.05, 0) is 57.8 Å². The molecule has 0 bridgehead atoms. The predicted octanol–water partition coefficient (Wildman–Crippen LogP) is 4.89. The van der Waals surface area contributed by atoms with Crippen LogP contribution < -0.4 is 4.90 Å². The highest BCUT2D eigenvalue weighted by Crippen LogP contribution is 2.54. The molecule has 2 amide bonds. The van der Waals surface area contributed by atoms with Crippen LogP contribution in [0.25, 0.3) is 6.08 Å². The number of carbonyl (C=O) groups is 3. The van der Waals surface area contributed by atoms with E-state index in [4.69, 9.17) is 0 Å². The number of fused-ring (bicyclic) bond motifs is 5. The number of hydrogen-bond donors (Lipinski definition) is 0. The number of benzene rings is 2. The highest BCUT2D eigenvalue weighted by Gasteiger charge is 2.65. The molecule has 32 heavy (non-hydrogen) atoms. The van der Waals surface area contributed by atoms with Crippen molar-refractivity contribution in [1.29, 1.82) is 0 Å². The second kappa shape index (κ2) is 7.14. The normalized spacial score (nSPS) is 26.3. The van der Waals surface area contributed by atoms with Gasteiger partial charge in [0.05, 0.1) is 23.6 Å². The molecule has 2 aromatic rings. The summed E-state index contributed by atoms with van der Waals surface area (Å²) in [5, 5.41) is 0. The molecule has 2 saturated heterocycles. The van der Waals surface area contributed by atoms with Gasteiger partial charge in [0.1, 0.15) is 6.04 Å². The van der Waals surface area contributed by atoms with E-state index in [0.29, 0.717) is 10.2 Å². The number of halogens is 1. The third-order valence-electron chi connectivity index (χ3n) is 6.81. The van der Waals surface area contributed by atoms with Crippen LogP contribution >= 0.6 is 15.9 Å². The Morgan fingerprint density at radius 2 is 1.69 bits per heavy atom. The maximum atomic E-state index is 13.8. The molecule has 0 unspecified atom stereocenters. The lowest BCUT2D eigenvalue weighted by molar-refractivity contribution is -0.135. The zero-order chi connectivity index (χ0) is 22.9. The molecule has 4 atom stereocenters. The Morgan fingerprint density at radius 1 is 1.00 bits per heavy atom. The Balaban J connectivity index is 1.68. The van der Waals surface area contributed by atoms with E-state index >= 15 is 0 Å². The van der Waals surface area contributed by atoms with Crippen LogP contribution in [0, 0.1) is 24.2 Å². The van der Waals surface area contributed by atoms with Gasteiger partial charge >= 0.3 is 0 Å². The molecule has 6 heteroatoms. The molecule has 3 heterocycles. The zero-order valence-electron chi connectivity index (χ0n) is 18.5. The quantitative estimate of drug-likeness (QED) is 0.560. The highest BCUT2D eigenvalue weighted by atomic mass is 79.9. The van der Waals surface area contributed by atoms with Gasteiger partial charge in [0.25, 0.3) is 0 Å². The summed E-state index contributed by atoms with van der Waals surface area (Å²) in [5.74, 6) is -1.90. The highest BCUT2D eigenvalue weighted by molar-refractivity contribution is 9.10. The first-order valence-electron chi connectivity index (χ1n) is 10.8. The molecule has 0 aromatic heterocycles. The summed E-state index contributed by atoms with van der Waals surface area (Å²) in [5.41, 5.74) is 2.92. The number of carbonyl (C=O) groups excluding carboxylic acids is 3. The number of anilines is 1. The molecular formula is C26H25BrN2O3. The Morgan fingerprint density at radius 3 is 2.38 bits per heavy atom. The van der Waals surface area contributed by atoms with Crippen LogP contribution in [0.2, 0.25) is 0 Å². The minimum absolute atomic E-state index is 0.0231. The number of rotatable bonds is 2. The molecule has 0 spiro atoms. The third kappa shape index (κ3) is 2.92. The second-order valence-corrected chi connectivity index (χ2v) is 10.8. The lowest BCUT2D eigenvalue weighted by atomic mass is 9.79. The van der Waals surface area contributed by atoms with E-state index < -0.39 is 23.3 Å². The largest absolute Gasteiger partial charge is 0.359 e. The van der Waals surface area contributed by atoms with Crippen LogP contribution in [-0.2, 0) is 14.4 Å². The van der Waals surface area contributed by atoms with E-state index in [1.54, 1.807) is 6.07 Å². The van der Waals surface area contributed by atoms with Gasteiger partial charge in [0.15, 0.2) is 5.78 Å². The molecule has 0 aliphatic carbocycles. The maximum absolute atomic E-state index is 13.8. The summed E-state index contributed by atoms with van der Waals surface area (Å²) in [6.07, 6.45) is 3.87. The van der Waals surface area contributed by atoms with Crippen molar-refractivity contribution in [2.75, 3.05) is 4.90 Å². The van der Waals surface area contributed by atoms with E-state index in [-0.39, 0.29) is 23.6 Å². The molecule has 0 N–H and O–H groups in total. The van der Waals surface area contributed by atoms with E-state index in [1.807, 2.05) is 81.3 Å². The molecule has 0 radical (unpaired) electrons. The monoisotopic (exact) mass is 492 g/mol. The zero-order valence-corrected chi connectivity index (χ0v) is 20.1. The van der Waals surface area contributed by atoms with Crippen LogP contribution in [0.15, 0.2) is 53.1 Å². The predicted molar refractivity (Wildman–Crippen MR) is 127 cm³/mol. The van der Waals surface area contributed by atoms with Crippen molar-refractivity contribution in [3.8, 4) is 0 Å². The van der Waals surface area contributed by atoms with Gasteiger partial charge in [-0.1, -0.05) is 51.1 Å². The van der Waals surface area contributed by atoms with Crippen LogP contribution in [-0.4, -0.2) is 28.5 Å². The van der Waals surface area contributed by atoms with E-state index in [9.17, 15) is 14.4 Å². The summed E-state index contributed by atoms with van der Waals surface area (Å²) in [7, 11) is 0. The molecule has 0 saturated carbocycles. The van der Waals surface area contributed by atoms with Gasteiger partial charge in [0, 0.05) is 16.1 Å². The molecule has 3 aliphatic rings. The minimum atomic E-state index is -0.719. The van der Waals surface area contributed by atoms with E-state index in [2.05, 4.69) is 15.9 Å². The van der Waals surface area contributed by atoms with Crippen molar-refractivity contribution >= 4 is 45.3 Å². The van der Waals surface area contributed by atoms with Gasteiger partial charge in [-0.25, -0.2) is 4.90 Å². The summed E-state index contributed by atoms with van der Waals surface area (Å²) in [6.45, 7) is 7.57. The van der Waals surface area contributed by atoms with E-state index in [1.165, 1.54) is 4.90 Å². The summed E-state index contributed by atoms with van der Waals surface area (Å²) in [6, 6.07) is 12.5. The molecular weight excluding hydrogens is 468 g/mol. The van der Waals surface area contributed by atoms with Gasteiger partial charge in [-0.15, -0.1) is 0 Å². The number of amides is 2. The SMILES string of the molecule is Cc1ccc(N2C(=O)[C@@H]3[C@H](C2=O)[C@H]2c4ccccc4C=CN2[C@@H]3C(=O)C(C)(C)C)c(Br)c1. The van der Waals surface area contributed by atoms with Gasteiger partial charge in [-0.2, -0.15) is 0 Å². The summed E-state index contributed by atoms with van der Waals surface area (Å²) in [4.78, 5) is 44.5. The molecule has 5 nitrogen and oxygen atoms in total. The average molecular weight is 493 g/mol. The number of nitrogens with zero attached hydrogens (tertiary/aromatic N) is 2. The van der Waals surface area contributed by atoms with Crippen LogP contribution in [0.4, 0.5) is 5.69 Å². The standard InChI is InChI=1S/C26H25BrN2O3/c1-14-9-10-18(17(27)13-14)29-24(31)19-20(25(29)32)22(23(30)26(2,3)4)28-12-11-15-7-5-6-8-16(15)21(19)28/h5-13,19-22H,1-4H3/t19-,20+,21+,22-/m0/s1. The lowest BCUT2D eigenvalue weighted by Crippen LogP contribution is -2.47. The lowest BCUT2D eigenvalue weighted by Gasteiger charge is -2.37. The number of hydrogen-bond acceptors (Lipinski definition) is 4. The smallest absolute Gasteiger partial charge is 0.240 e. The molecule has 2 fully saturated rings. The van der Waals surface area contributed by atoms with Crippen molar-refractivity contribution in [2.45, 2.75) is 39.8 Å². The van der Waals surface area contributed by atoms with Crippen molar-refractivity contribution in [1.82, 2.24) is 4.90 Å². The third-order valence-corrected chi connectivity index (χ3v) is 7.45. The maximum Gasteiger partial charge on any atom is 0.240 e. The summed E-state index contributed by atoms with van der Waals surface area (Å²) >= 11 is 3.53. The van der Waals surface area contributed by atoms with Crippen molar-refractivity contribution in [3.05, 3.63) is 69.8 Å². The van der Waals surface area contributed by atoms with Gasteiger partial charge < -0.3 is 4.90 Å². The molecule has 3 aliphatic heterocycles. The number of ketones is 1. The fourth-order valence-corrected chi connectivity index (χ4v) is 6.00. The van der Waals surface area contributed by atoms with Gasteiger partial charge in [-0.3, -0.25) is 14.4 Å². The summed E-state index contributed by atoms with van der Waals surface area (Å²) < 4.78 is 0.693. The second-order valence-electron chi connectivity index (χ2n) is 9.91. The Labute approximate surface area is 196 Å².